The fourth-order valence-corrected chi connectivity index (χ4v) is 2.27. The third kappa shape index (κ3) is 3.67. The van der Waals surface area contributed by atoms with Gasteiger partial charge in [0.25, 0.3) is 0 Å². The molecule has 0 fully saturated rings. The van der Waals surface area contributed by atoms with Gasteiger partial charge in [0.15, 0.2) is 0 Å². The van der Waals surface area contributed by atoms with Gasteiger partial charge in [-0.25, -0.2) is 4.39 Å². The number of halogens is 1. The molecule has 1 N–H and O–H groups in total. The smallest absolute Gasteiger partial charge is 0.128 e. The quantitative estimate of drug-likeness (QED) is 0.916. The molecule has 1 aliphatic rings. The molecule has 4 heteroatoms. The minimum absolute atomic E-state index is 0.226. The average Bonchev–Trinajstić information content (AvgIpc) is 3.04. The summed E-state index contributed by atoms with van der Waals surface area (Å²) in [6.07, 6.45) is 0. The molecule has 0 bridgehead atoms. The lowest BCUT2D eigenvalue weighted by molar-refractivity contribution is 0.107. The van der Waals surface area contributed by atoms with E-state index in [9.17, 15) is 4.39 Å². The maximum Gasteiger partial charge on any atom is 0.128 e. The SMILES string of the molecule is Fc1ccc(COCc2cccc(C3=NCCN3)c2)cc1. The third-order valence-electron chi connectivity index (χ3n) is 3.33. The molecule has 0 aliphatic carbocycles. The Morgan fingerprint density at radius 2 is 1.86 bits per heavy atom. The number of amidine groups is 1. The lowest BCUT2D eigenvalue weighted by Crippen LogP contribution is -2.19. The zero-order chi connectivity index (χ0) is 14.5. The number of rotatable bonds is 5. The summed E-state index contributed by atoms with van der Waals surface area (Å²) in [4.78, 5) is 4.41. The van der Waals surface area contributed by atoms with Gasteiger partial charge in [0.2, 0.25) is 0 Å². The van der Waals surface area contributed by atoms with E-state index in [1.54, 1.807) is 12.1 Å². The number of hydrogen-bond acceptors (Lipinski definition) is 3. The molecule has 21 heavy (non-hydrogen) atoms. The normalized spacial score (nSPS) is 13.9. The van der Waals surface area contributed by atoms with Crippen LogP contribution >= 0.6 is 0 Å². The first-order chi connectivity index (χ1) is 10.3. The molecule has 0 saturated carbocycles. The monoisotopic (exact) mass is 284 g/mol. The predicted octanol–water partition coefficient (Wildman–Crippen LogP) is 2.89. The molecule has 3 rings (SSSR count). The molecule has 3 nitrogen and oxygen atoms in total. The first-order valence-electron chi connectivity index (χ1n) is 7.01. The molecule has 1 heterocycles. The summed E-state index contributed by atoms with van der Waals surface area (Å²) in [5.74, 6) is 0.728. The Labute approximate surface area is 123 Å². The Morgan fingerprint density at radius 1 is 1.05 bits per heavy atom. The van der Waals surface area contributed by atoms with Crippen LogP contribution in [0, 0.1) is 5.82 Å². The van der Waals surface area contributed by atoms with Crippen LogP contribution in [0.25, 0.3) is 0 Å². The lowest BCUT2D eigenvalue weighted by atomic mass is 10.1. The zero-order valence-corrected chi connectivity index (χ0v) is 11.7. The van der Waals surface area contributed by atoms with Crippen LogP contribution in [0.2, 0.25) is 0 Å². The van der Waals surface area contributed by atoms with Crippen molar-refractivity contribution in [3.63, 3.8) is 0 Å². The second-order valence-electron chi connectivity index (χ2n) is 4.98. The van der Waals surface area contributed by atoms with Crippen molar-refractivity contribution >= 4 is 5.84 Å². The lowest BCUT2D eigenvalue weighted by Gasteiger charge is -2.07. The van der Waals surface area contributed by atoms with Gasteiger partial charge in [-0.2, -0.15) is 0 Å². The van der Waals surface area contributed by atoms with Gasteiger partial charge in [-0.05, 0) is 29.3 Å². The van der Waals surface area contributed by atoms with E-state index in [-0.39, 0.29) is 5.82 Å². The fourth-order valence-electron chi connectivity index (χ4n) is 2.27. The highest BCUT2D eigenvalue weighted by molar-refractivity contribution is 5.99. The molecule has 0 radical (unpaired) electrons. The summed E-state index contributed by atoms with van der Waals surface area (Å²) in [7, 11) is 0. The summed E-state index contributed by atoms with van der Waals surface area (Å²) in [5, 5.41) is 3.26. The van der Waals surface area contributed by atoms with Gasteiger partial charge in [-0.3, -0.25) is 4.99 Å². The van der Waals surface area contributed by atoms with Crippen LogP contribution in [0.3, 0.4) is 0 Å². The molecule has 0 spiro atoms. The van der Waals surface area contributed by atoms with Crippen LogP contribution in [0.1, 0.15) is 16.7 Å². The Morgan fingerprint density at radius 3 is 2.62 bits per heavy atom. The van der Waals surface area contributed by atoms with Crippen molar-refractivity contribution in [1.82, 2.24) is 5.32 Å². The van der Waals surface area contributed by atoms with E-state index in [1.165, 1.54) is 12.1 Å². The Bertz CT molecular complexity index is 637. The number of hydrogen-bond donors (Lipinski definition) is 1. The molecule has 2 aromatic rings. The van der Waals surface area contributed by atoms with E-state index >= 15 is 0 Å². The Hall–Kier alpha value is -2.20. The van der Waals surface area contributed by atoms with E-state index in [0.29, 0.717) is 13.2 Å². The van der Waals surface area contributed by atoms with Crippen molar-refractivity contribution < 1.29 is 9.13 Å². The van der Waals surface area contributed by atoms with Crippen molar-refractivity contribution in [2.24, 2.45) is 4.99 Å². The molecule has 1 aliphatic heterocycles. The van der Waals surface area contributed by atoms with Gasteiger partial charge < -0.3 is 10.1 Å². The molecule has 0 amide bonds. The standard InChI is InChI=1S/C17H17FN2O/c18-16-6-4-13(5-7-16)11-21-12-14-2-1-3-15(10-14)17-19-8-9-20-17/h1-7,10H,8-9,11-12H2,(H,19,20). The predicted molar refractivity (Wildman–Crippen MR) is 80.7 cm³/mol. The van der Waals surface area contributed by atoms with Gasteiger partial charge in [-0.1, -0.05) is 30.3 Å². The van der Waals surface area contributed by atoms with Crippen LogP contribution in [-0.4, -0.2) is 18.9 Å². The topological polar surface area (TPSA) is 33.6 Å². The van der Waals surface area contributed by atoms with Crippen LogP contribution in [-0.2, 0) is 18.0 Å². The fraction of sp³-hybridized carbons (Fsp3) is 0.235. The summed E-state index contributed by atoms with van der Waals surface area (Å²) in [5.41, 5.74) is 3.16. The number of nitrogens with zero attached hydrogens (tertiary/aromatic N) is 1. The second-order valence-corrected chi connectivity index (χ2v) is 4.98. The minimum atomic E-state index is -0.226. The number of benzene rings is 2. The van der Waals surface area contributed by atoms with Crippen molar-refractivity contribution in [3.8, 4) is 0 Å². The summed E-state index contributed by atoms with van der Waals surface area (Å²) in [6, 6.07) is 14.5. The molecule has 108 valence electrons. The molecule has 0 unspecified atom stereocenters. The highest BCUT2D eigenvalue weighted by atomic mass is 19.1. The summed E-state index contributed by atoms with van der Waals surface area (Å²) < 4.78 is 18.5. The first kappa shape index (κ1) is 13.8. The Kier molecular flexibility index (Phi) is 4.26. The van der Waals surface area contributed by atoms with Gasteiger partial charge >= 0.3 is 0 Å². The molecular weight excluding hydrogens is 267 g/mol. The molecule has 0 aromatic heterocycles. The van der Waals surface area contributed by atoms with E-state index in [4.69, 9.17) is 4.74 Å². The average molecular weight is 284 g/mol. The number of nitrogens with one attached hydrogen (secondary N) is 1. The maximum absolute atomic E-state index is 12.8. The first-order valence-corrected chi connectivity index (χ1v) is 7.01. The van der Waals surface area contributed by atoms with Crippen molar-refractivity contribution in [2.45, 2.75) is 13.2 Å². The third-order valence-corrected chi connectivity index (χ3v) is 3.33. The zero-order valence-electron chi connectivity index (χ0n) is 11.7. The Balaban J connectivity index is 1.57. The van der Waals surface area contributed by atoms with Gasteiger partial charge in [0.1, 0.15) is 11.7 Å². The van der Waals surface area contributed by atoms with Crippen LogP contribution < -0.4 is 5.32 Å². The highest BCUT2D eigenvalue weighted by Gasteiger charge is 2.08. The summed E-state index contributed by atoms with van der Waals surface area (Å²) >= 11 is 0. The van der Waals surface area contributed by atoms with Crippen molar-refractivity contribution in [2.75, 3.05) is 13.1 Å². The van der Waals surface area contributed by atoms with Crippen molar-refractivity contribution in [3.05, 3.63) is 71.0 Å². The molecule has 0 saturated heterocycles. The van der Waals surface area contributed by atoms with Gasteiger partial charge in [-0.15, -0.1) is 0 Å². The molecule has 0 atom stereocenters. The van der Waals surface area contributed by atoms with Gasteiger partial charge in [0.05, 0.1) is 19.8 Å². The maximum atomic E-state index is 12.8. The number of aliphatic imine (C=N–C) groups is 1. The molecular formula is C17H17FN2O. The van der Waals surface area contributed by atoms with Crippen LogP contribution in [0.5, 0.6) is 0 Å². The minimum Gasteiger partial charge on any atom is -0.372 e. The van der Waals surface area contributed by atoms with Crippen molar-refractivity contribution in [1.29, 1.82) is 0 Å². The van der Waals surface area contributed by atoms with Gasteiger partial charge in [0, 0.05) is 12.1 Å². The highest BCUT2D eigenvalue weighted by Crippen LogP contribution is 2.11. The molecule has 2 aromatic carbocycles. The van der Waals surface area contributed by atoms with Crippen LogP contribution in [0.15, 0.2) is 53.5 Å². The van der Waals surface area contributed by atoms with Crippen LogP contribution in [0.4, 0.5) is 4.39 Å². The largest absolute Gasteiger partial charge is 0.372 e. The van der Waals surface area contributed by atoms with E-state index in [1.807, 2.05) is 18.2 Å². The van der Waals surface area contributed by atoms with E-state index < -0.39 is 0 Å². The second kappa shape index (κ2) is 6.50. The summed E-state index contributed by atoms with van der Waals surface area (Å²) in [6.45, 7) is 2.74. The number of ether oxygens (including phenoxy) is 1. The van der Waals surface area contributed by atoms with E-state index in [2.05, 4.69) is 16.4 Å². The van der Waals surface area contributed by atoms with E-state index in [0.717, 1.165) is 35.6 Å².